The maximum Gasteiger partial charge on any atom is 0.232 e. The molecule has 1 aromatic rings. The van der Waals surface area contributed by atoms with Crippen molar-refractivity contribution in [2.24, 2.45) is 5.73 Å². The van der Waals surface area contributed by atoms with Crippen molar-refractivity contribution in [2.75, 3.05) is 23.7 Å². The van der Waals surface area contributed by atoms with E-state index >= 15 is 0 Å². The summed E-state index contributed by atoms with van der Waals surface area (Å²) in [6.45, 7) is 0.552. The minimum atomic E-state index is -3.47. The van der Waals surface area contributed by atoms with Crippen LogP contribution in [0.4, 0.5) is 10.1 Å². The average Bonchev–Trinajstić information content (AvgIpc) is 2.19. The molecule has 0 aliphatic heterocycles. The Balaban J connectivity index is 3.07. The largest absolute Gasteiger partial charge is 0.330 e. The second-order valence-corrected chi connectivity index (χ2v) is 5.34. The highest BCUT2D eigenvalue weighted by molar-refractivity contribution is 7.92. The number of para-hydroxylation sites is 1. The van der Waals surface area contributed by atoms with Crippen molar-refractivity contribution < 1.29 is 12.8 Å². The maximum atomic E-state index is 13.5. The fourth-order valence-corrected chi connectivity index (χ4v) is 2.32. The van der Waals surface area contributed by atoms with Gasteiger partial charge in [0.15, 0.2) is 0 Å². The molecule has 0 spiro atoms. The van der Waals surface area contributed by atoms with E-state index in [1.807, 2.05) is 0 Å². The van der Waals surface area contributed by atoms with E-state index in [0.29, 0.717) is 13.0 Å². The molecular formula is C10H15FN2O2S. The Labute approximate surface area is 94.9 Å². The average molecular weight is 246 g/mol. The van der Waals surface area contributed by atoms with Crippen molar-refractivity contribution in [3.05, 3.63) is 30.1 Å². The molecule has 0 heterocycles. The highest BCUT2D eigenvalue weighted by atomic mass is 32.2. The van der Waals surface area contributed by atoms with E-state index in [0.717, 1.165) is 10.6 Å². The van der Waals surface area contributed by atoms with E-state index < -0.39 is 15.8 Å². The van der Waals surface area contributed by atoms with Gasteiger partial charge >= 0.3 is 0 Å². The number of rotatable bonds is 5. The molecule has 4 nitrogen and oxygen atoms in total. The predicted molar refractivity (Wildman–Crippen MR) is 62.3 cm³/mol. The van der Waals surface area contributed by atoms with Gasteiger partial charge in [-0.1, -0.05) is 12.1 Å². The van der Waals surface area contributed by atoms with Crippen LogP contribution in [-0.4, -0.2) is 27.8 Å². The lowest BCUT2D eigenvalue weighted by Gasteiger charge is -2.22. The first kappa shape index (κ1) is 12.9. The second-order valence-electron chi connectivity index (χ2n) is 3.43. The Kier molecular flexibility index (Phi) is 4.26. The summed E-state index contributed by atoms with van der Waals surface area (Å²) in [6, 6.07) is 5.78. The van der Waals surface area contributed by atoms with Gasteiger partial charge in [-0.15, -0.1) is 0 Å². The van der Waals surface area contributed by atoms with Gasteiger partial charge in [0.25, 0.3) is 0 Å². The second kappa shape index (κ2) is 5.27. The third kappa shape index (κ3) is 3.18. The van der Waals surface area contributed by atoms with Crippen LogP contribution in [0.1, 0.15) is 6.42 Å². The first-order valence-corrected chi connectivity index (χ1v) is 6.74. The quantitative estimate of drug-likeness (QED) is 0.841. The van der Waals surface area contributed by atoms with Crippen LogP contribution in [0.5, 0.6) is 0 Å². The van der Waals surface area contributed by atoms with E-state index in [1.165, 1.54) is 18.2 Å². The zero-order chi connectivity index (χ0) is 12.2. The van der Waals surface area contributed by atoms with E-state index in [4.69, 9.17) is 5.73 Å². The standard InChI is InChI=1S/C10H15FN2O2S/c1-16(14,15)13(8-4-7-12)10-6-3-2-5-9(10)11/h2-3,5-6H,4,7-8,12H2,1H3. The zero-order valence-corrected chi connectivity index (χ0v) is 9.87. The molecule has 1 aromatic carbocycles. The van der Waals surface area contributed by atoms with Crippen LogP contribution >= 0.6 is 0 Å². The molecule has 1 rings (SSSR count). The number of nitrogens with two attached hydrogens (primary N) is 1. The molecule has 6 heteroatoms. The van der Waals surface area contributed by atoms with Gasteiger partial charge in [-0.05, 0) is 25.1 Å². The number of sulfonamides is 1. The first-order valence-electron chi connectivity index (χ1n) is 4.89. The Morgan fingerprint density at radius 1 is 1.38 bits per heavy atom. The first-order chi connectivity index (χ1) is 7.46. The molecule has 90 valence electrons. The molecule has 0 saturated carbocycles. The van der Waals surface area contributed by atoms with Crippen LogP contribution < -0.4 is 10.0 Å². The van der Waals surface area contributed by atoms with Crippen molar-refractivity contribution in [1.82, 2.24) is 0 Å². The van der Waals surface area contributed by atoms with Gasteiger partial charge in [-0.2, -0.15) is 0 Å². The fraction of sp³-hybridized carbons (Fsp3) is 0.400. The summed E-state index contributed by atoms with van der Waals surface area (Å²) in [5, 5.41) is 0. The van der Waals surface area contributed by atoms with Crippen molar-refractivity contribution in [2.45, 2.75) is 6.42 Å². The van der Waals surface area contributed by atoms with Gasteiger partial charge in [0.2, 0.25) is 10.0 Å². The Bertz CT molecular complexity index is 448. The fourth-order valence-electron chi connectivity index (χ4n) is 1.35. The lowest BCUT2D eigenvalue weighted by atomic mass is 10.3. The number of hydrogen-bond donors (Lipinski definition) is 1. The third-order valence-corrected chi connectivity index (χ3v) is 3.27. The number of hydrogen-bond acceptors (Lipinski definition) is 3. The number of benzene rings is 1. The van der Waals surface area contributed by atoms with Gasteiger partial charge in [0, 0.05) is 6.54 Å². The Morgan fingerprint density at radius 2 is 2.00 bits per heavy atom. The predicted octanol–water partition coefficient (Wildman–Crippen LogP) is 0.940. The van der Waals surface area contributed by atoms with Crippen LogP contribution in [0.15, 0.2) is 24.3 Å². The summed E-state index contributed by atoms with van der Waals surface area (Å²) in [5.41, 5.74) is 5.39. The van der Waals surface area contributed by atoms with Crippen LogP contribution in [0.3, 0.4) is 0 Å². The molecule has 2 N–H and O–H groups in total. The lowest BCUT2D eigenvalue weighted by Crippen LogP contribution is -2.32. The number of anilines is 1. The Morgan fingerprint density at radius 3 is 2.50 bits per heavy atom. The Hall–Kier alpha value is -1.14. The molecule has 16 heavy (non-hydrogen) atoms. The molecule has 0 amide bonds. The summed E-state index contributed by atoms with van der Waals surface area (Å²) >= 11 is 0. The highest BCUT2D eigenvalue weighted by Gasteiger charge is 2.19. The van der Waals surface area contributed by atoms with Crippen LogP contribution in [-0.2, 0) is 10.0 Å². The van der Waals surface area contributed by atoms with E-state index in [2.05, 4.69) is 0 Å². The number of nitrogens with zero attached hydrogens (tertiary/aromatic N) is 1. The lowest BCUT2D eigenvalue weighted by molar-refractivity contribution is 0.588. The molecule has 0 fully saturated rings. The van der Waals surface area contributed by atoms with Crippen molar-refractivity contribution in [1.29, 1.82) is 0 Å². The molecule has 0 aliphatic carbocycles. The highest BCUT2D eigenvalue weighted by Crippen LogP contribution is 2.21. The van der Waals surface area contributed by atoms with Gasteiger partial charge in [0.1, 0.15) is 5.82 Å². The topological polar surface area (TPSA) is 63.4 Å². The van der Waals surface area contributed by atoms with Gasteiger partial charge < -0.3 is 5.73 Å². The van der Waals surface area contributed by atoms with Gasteiger partial charge in [-0.25, -0.2) is 12.8 Å². The summed E-state index contributed by atoms with van der Waals surface area (Å²) < 4.78 is 37.5. The SMILES string of the molecule is CS(=O)(=O)N(CCCN)c1ccccc1F. The van der Waals surface area contributed by atoms with Crippen LogP contribution in [0, 0.1) is 5.82 Å². The van der Waals surface area contributed by atoms with Crippen LogP contribution in [0.2, 0.25) is 0 Å². The molecule has 0 saturated heterocycles. The summed E-state index contributed by atoms with van der Waals surface area (Å²) in [6.07, 6.45) is 1.54. The van der Waals surface area contributed by atoms with Crippen LogP contribution in [0.25, 0.3) is 0 Å². The minimum absolute atomic E-state index is 0.0680. The van der Waals surface area contributed by atoms with E-state index in [-0.39, 0.29) is 12.2 Å². The smallest absolute Gasteiger partial charge is 0.232 e. The summed E-state index contributed by atoms with van der Waals surface area (Å²) in [7, 11) is -3.47. The van der Waals surface area contributed by atoms with Crippen molar-refractivity contribution in [3.63, 3.8) is 0 Å². The molecule has 0 aliphatic rings. The van der Waals surface area contributed by atoms with Crippen molar-refractivity contribution in [3.8, 4) is 0 Å². The van der Waals surface area contributed by atoms with Crippen molar-refractivity contribution >= 4 is 15.7 Å². The molecule has 0 radical (unpaired) electrons. The molecule has 0 aromatic heterocycles. The molecule has 0 bridgehead atoms. The summed E-state index contributed by atoms with van der Waals surface area (Å²) in [5.74, 6) is -0.551. The van der Waals surface area contributed by atoms with Gasteiger partial charge in [-0.3, -0.25) is 4.31 Å². The maximum absolute atomic E-state index is 13.5. The summed E-state index contributed by atoms with van der Waals surface area (Å²) in [4.78, 5) is 0. The number of halogens is 1. The van der Waals surface area contributed by atoms with E-state index in [1.54, 1.807) is 6.07 Å². The normalized spacial score (nSPS) is 11.4. The third-order valence-electron chi connectivity index (χ3n) is 2.09. The molecule has 0 atom stereocenters. The van der Waals surface area contributed by atoms with E-state index in [9.17, 15) is 12.8 Å². The minimum Gasteiger partial charge on any atom is -0.330 e. The monoisotopic (exact) mass is 246 g/mol. The van der Waals surface area contributed by atoms with Gasteiger partial charge in [0.05, 0.1) is 11.9 Å². The zero-order valence-electron chi connectivity index (χ0n) is 9.06. The molecular weight excluding hydrogens is 231 g/mol. The molecule has 0 unspecified atom stereocenters.